The lowest BCUT2D eigenvalue weighted by atomic mass is 10.1. The van der Waals surface area contributed by atoms with Gasteiger partial charge in [-0.2, -0.15) is 0 Å². The number of benzene rings is 2. The summed E-state index contributed by atoms with van der Waals surface area (Å²) in [4.78, 5) is 20.2. The van der Waals surface area contributed by atoms with Crippen molar-refractivity contribution < 1.29 is 9.85 Å². The minimum absolute atomic E-state index is 0.0239. The Hall–Kier alpha value is -3.02. The quantitative estimate of drug-likeness (QED) is 0.481. The molecule has 100 valence electrons. The largest absolute Gasteiger partial charge is 0.270 e. The van der Waals surface area contributed by atoms with Crippen molar-refractivity contribution in [3.8, 4) is 0 Å². The van der Waals surface area contributed by atoms with Crippen LogP contribution in [0.25, 0.3) is 12.2 Å². The molecule has 20 heavy (non-hydrogen) atoms. The normalized spacial score (nSPS) is 10.6. The van der Waals surface area contributed by atoms with E-state index in [1.165, 1.54) is 24.3 Å². The monoisotopic (exact) mass is 270 g/mol. The molecule has 0 heterocycles. The first-order chi connectivity index (χ1) is 9.56. The summed E-state index contributed by atoms with van der Waals surface area (Å²) >= 11 is 0. The highest BCUT2D eigenvalue weighted by Gasteiger charge is 2.04. The summed E-state index contributed by atoms with van der Waals surface area (Å²) in [6, 6.07) is 12.3. The van der Waals surface area contributed by atoms with Crippen molar-refractivity contribution in [1.82, 2.24) is 0 Å². The Bertz CT molecular complexity index is 678. The maximum Gasteiger partial charge on any atom is 0.270 e. The Morgan fingerprint density at radius 3 is 1.95 bits per heavy atom. The molecule has 0 spiro atoms. The molecule has 6 nitrogen and oxygen atoms in total. The van der Waals surface area contributed by atoms with Crippen molar-refractivity contribution in [2.75, 3.05) is 0 Å². The van der Waals surface area contributed by atoms with Gasteiger partial charge in [-0.1, -0.05) is 24.3 Å². The molecule has 0 fully saturated rings. The molecule has 6 heteroatoms. The first kappa shape index (κ1) is 13.4. The summed E-state index contributed by atoms with van der Waals surface area (Å²) in [5.41, 5.74) is 1.52. The van der Waals surface area contributed by atoms with Gasteiger partial charge in [-0.15, -0.1) is 0 Å². The van der Waals surface area contributed by atoms with E-state index >= 15 is 0 Å². The van der Waals surface area contributed by atoms with Crippen LogP contribution >= 0.6 is 0 Å². The van der Waals surface area contributed by atoms with E-state index in [4.69, 9.17) is 0 Å². The molecule has 0 aliphatic rings. The summed E-state index contributed by atoms with van der Waals surface area (Å²) in [5.74, 6) is 0. The minimum atomic E-state index is -0.464. The molecule has 2 aromatic rings. The van der Waals surface area contributed by atoms with Crippen molar-refractivity contribution in [3.05, 3.63) is 79.9 Å². The molecule has 0 N–H and O–H groups in total. The van der Waals surface area contributed by atoms with Crippen LogP contribution in [0.15, 0.2) is 48.5 Å². The van der Waals surface area contributed by atoms with Crippen LogP contribution in [-0.2, 0) is 0 Å². The van der Waals surface area contributed by atoms with E-state index in [2.05, 4.69) is 0 Å². The minimum Gasteiger partial charge on any atom is -0.258 e. The fraction of sp³-hybridized carbons (Fsp3) is 0. The summed E-state index contributed by atoms with van der Waals surface area (Å²) in [6.07, 6.45) is 3.46. The fourth-order valence-electron chi connectivity index (χ4n) is 1.64. The van der Waals surface area contributed by atoms with Gasteiger partial charge in [-0.05, 0) is 23.3 Å². The molecule has 0 radical (unpaired) electrons. The third-order valence-electron chi connectivity index (χ3n) is 2.65. The van der Waals surface area contributed by atoms with Gasteiger partial charge in [-0.25, -0.2) is 0 Å². The number of hydrogen-bond donors (Lipinski definition) is 0. The second-order valence-electron chi connectivity index (χ2n) is 4.03. The van der Waals surface area contributed by atoms with Crippen molar-refractivity contribution in [3.63, 3.8) is 0 Å². The van der Waals surface area contributed by atoms with Gasteiger partial charge >= 0.3 is 0 Å². The van der Waals surface area contributed by atoms with Gasteiger partial charge in [0.2, 0.25) is 0 Å². The Morgan fingerprint density at radius 1 is 0.750 bits per heavy atom. The first-order valence-electron chi connectivity index (χ1n) is 5.73. The van der Waals surface area contributed by atoms with E-state index in [1.807, 2.05) is 0 Å². The van der Waals surface area contributed by atoms with Gasteiger partial charge in [-0.3, -0.25) is 20.2 Å². The number of nitro benzene ring substituents is 2. The molecule has 0 aromatic heterocycles. The predicted molar refractivity (Wildman–Crippen MR) is 75.1 cm³/mol. The number of nitro groups is 2. The average Bonchev–Trinajstić information content (AvgIpc) is 2.46. The van der Waals surface area contributed by atoms with E-state index in [0.717, 1.165) is 5.56 Å². The number of nitrogens with zero attached hydrogens (tertiary/aromatic N) is 2. The zero-order valence-electron chi connectivity index (χ0n) is 10.3. The summed E-state index contributed by atoms with van der Waals surface area (Å²) in [7, 11) is 0. The van der Waals surface area contributed by atoms with Crippen molar-refractivity contribution in [2.45, 2.75) is 0 Å². The molecule has 0 saturated heterocycles. The second-order valence-corrected chi connectivity index (χ2v) is 4.03. The highest BCUT2D eigenvalue weighted by atomic mass is 16.6. The lowest BCUT2D eigenvalue weighted by molar-refractivity contribution is -0.385. The third kappa shape index (κ3) is 3.26. The summed E-state index contributed by atoms with van der Waals surface area (Å²) < 4.78 is 0. The van der Waals surface area contributed by atoms with Crippen LogP contribution in [0.1, 0.15) is 11.1 Å². The van der Waals surface area contributed by atoms with E-state index in [0.29, 0.717) is 5.56 Å². The highest BCUT2D eigenvalue weighted by molar-refractivity contribution is 5.70. The van der Waals surface area contributed by atoms with Gasteiger partial charge < -0.3 is 0 Å². The standard InChI is InChI=1S/C14H10N2O4/c17-15(18)13-8-6-11(7-9-13)4-5-12-2-1-3-14(10-12)16(19)20/h1-10H. The zero-order valence-corrected chi connectivity index (χ0v) is 10.3. The Morgan fingerprint density at radius 2 is 1.35 bits per heavy atom. The summed E-state index contributed by atoms with van der Waals surface area (Å²) in [6.45, 7) is 0. The molecular formula is C14H10N2O4. The molecule has 0 saturated carbocycles. The average molecular weight is 270 g/mol. The van der Waals surface area contributed by atoms with E-state index in [1.54, 1.807) is 36.4 Å². The zero-order chi connectivity index (χ0) is 14.5. The molecule has 0 atom stereocenters. The summed E-state index contributed by atoms with van der Waals surface area (Å²) in [5, 5.41) is 21.2. The first-order valence-corrected chi connectivity index (χ1v) is 5.73. The van der Waals surface area contributed by atoms with Gasteiger partial charge in [0.1, 0.15) is 0 Å². The van der Waals surface area contributed by atoms with E-state index < -0.39 is 9.85 Å². The van der Waals surface area contributed by atoms with Crippen LogP contribution in [0.3, 0.4) is 0 Å². The van der Waals surface area contributed by atoms with E-state index in [9.17, 15) is 20.2 Å². The van der Waals surface area contributed by atoms with Gasteiger partial charge in [0.25, 0.3) is 11.4 Å². The fourth-order valence-corrected chi connectivity index (χ4v) is 1.64. The number of hydrogen-bond acceptors (Lipinski definition) is 4. The molecule has 2 rings (SSSR count). The van der Waals surface area contributed by atoms with Gasteiger partial charge in [0.15, 0.2) is 0 Å². The topological polar surface area (TPSA) is 86.3 Å². The Kier molecular flexibility index (Phi) is 3.85. The van der Waals surface area contributed by atoms with Crippen LogP contribution in [0.5, 0.6) is 0 Å². The van der Waals surface area contributed by atoms with Gasteiger partial charge in [0.05, 0.1) is 9.85 Å². The molecule has 0 aliphatic carbocycles. The lowest BCUT2D eigenvalue weighted by Gasteiger charge is -1.96. The molecule has 0 bridgehead atoms. The van der Waals surface area contributed by atoms with Crippen LogP contribution in [0, 0.1) is 20.2 Å². The lowest BCUT2D eigenvalue weighted by Crippen LogP contribution is -1.87. The van der Waals surface area contributed by atoms with E-state index in [-0.39, 0.29) is 11.4 Å². The van der Waals surface area contributed by atoms with Crippen LogP contribution in [0.2, 0.25) is 0 Å². The Labute approximate surface area is 114 Å². The van der Waals surface area contributed by atoms with Gasteiger partial charge in [0, 0.05) is 24.3 Å². The molecule has 2 aromatic carbocycles. The molecule has 0 amide bonds. The molecular weight excluding hydrogens is 260 g/mol. The van der Waals surface area contributed by atoms with Crippen LogP contribution in [-0.4, -0.2) is 9.85 Å². The van der Waals surface area contributed by atoms with Crippen molar-refractivity contribution >= 4 is 23.5 Å². The molecule has 0 unspecified atom stereocenters. The smallest absolute Gasteiger partial charge is 0.258 e. The predicted octanol–water partition coefficient (Wildman–Crippen LogP) is 3.67. The van der Waals surface area contributed by atoms with Crippen LogP contribution in [0.4, 0.5) is 11.4 Å². The Balaban J connectivity index is 2.18. The van der Waals surface area contributed by atoms with Crippen LogP contribution < -0.4 is 0 Å². The maximum absolute atomic E-state index is 10.6. The highest BCUT2D eigenvalue weighted by Crippen LogP contribution is 2.17. The SMILES string of the molecule is O=[N+]([O-])c1ccc(C=Cc2cccc([N+](=O)[O-])c2)cc1. The number of non-ortho nitro benzene ring substituents is 2. The van der Waals surface area contributed by atoms with Crippen molar-refractivity contribution in [1.29, 1.82) is 0 Å². The molecule has 0 aliphatic heterocycles. The second kappa shape index (κ2) is 5.75. The maximum atomic E-state index is 10.6. The number of rotatable bonds is 4. The third-order valence-corrected chi connectivity index (χ3v) is 2.65. The van der Waals surface area contributed by atoms with Crippen molar-refractivity contribution in [2.24, 2.45) is 0 Å².